The van der Waals surface area contributed by atoms with Crippen LogP contribution in [-0.4, -0.2) is 17.1 Å². The lowest BCUT2D eigenvalue weighted by atomic mass is 10.2. The molecule has 0 aromatic heterocycles. The molecule has 0 spiro atoms. The molecule has 0 unspecified atom stereocenters. The van der Waals surface area contributed by atoms with Gasteiger partial charge in [0.2, 0.25) is 0 Å². The van der Waals surface area contributed by atoms with Crippen LogP contribution in [0.4, 0.5) is 16.2 Å². The van der Waals surface area contributed by atoms with Crippen molar-refractivity contribution in [3.63, 3.8) is 0 Å². The van der Waals surface area contributed by atoms with Crippen molar-refractivity contribution in [3.05, 3.63) is 57.0 Å². The van der Waals surface area contributed by atoms with Gasteiger partial charge in [-0.2, -0.15) is 0 Å². The molecule has 108 valence electrons. The Hall–Kier alpha value is -1.86. The molecule has 2 aromatic rings. The minimum Gasteiger partial charge on any atom is -0.478 e. The lowest BCUT2D eigenvalue weighted by Gasteiger charge is -2.10. The SMILES string of the molecule is O=C(Nc1ccc(Br)cc1)Nc1cc(Br)ccc1C(=O)O. The number of carbonyl (C=O) groups excluding carboxylic acids is 1. The van der Waals surface area contributed by atoms with Crippen molar-refractivity contribution >= 4 is 55.2 Å². The zero-order chi connectivity index (χ0) is 15.4. The molecule has 0 saturated carbocycles. The first-order valence-electron chi connectivity index (χ1n) is 5.82. The van der Waals surface area contributed by atoms with Gasteiger partial charge >= 0.3 is 12.0 Å². The number of carbonyl (C=O) groups is 2. The molecule has 2 amide bonds. The van der Waals surface area contributed by atoms with Gasteiger partial charge in [0.25, 0.3) is 0 Å². The normalized spacial score (nSPS) is 10.0. The van der Waals surface area contributed by atoms with Crippen LogP contribution in [0.25, 0.3) is 0 Å². The number of amides is 2. The Morgan fingerprint density at radius 1 is 0.905 bits per heavy atom. The second-order valence-electron chi connectivity index (χ2n) is 4.08. The molecule has 5 nitrogen and oxygen atoms in total. The highest BCUT2D eigenvalue weighted by Gasteiger charge is 2.13. The third-order valence-corrected chi connectivity index (χ3v) is 3.58. The van der Waals surface area contributed by atoms with Gasteiger partial charge in [-0.3, -0.25) is 0 Å². The van der Waals surface area contributed by atoms with Crippen LogP contribution in [0.3, 0.4) is 0 Å². The largest absolute Gasteiger partial charge is 0.478 e. The quantitative estimate of drug-likeness (QED) is 0.690. The maximum absolute atomic E-state index is 11.9. The highest BCUT2D eigenvalue weighted by molar-refractivity contribution is 9.10. The number of halogens is 2. The van der Waals surface area contributed by atoms with Crippen LogP contribution < -0.4 is 10.6 Å². The van der Waals surface area contributed by atoms with Crippen LogP contribution in [0.2, 0.25) is 0 Å². The third-order valence-electron chi connectivity index (χ3n) is 2.56. The molecule has 0 atom stereocenters. The van der Waals surface area contributed by atoms with E-state index >= 15 is 0 Å². The van der Waals surface area contributed by atoms with E-state index in [1.165, 1.54) is 12.1 Å². The number of hydrogen-bond acceptors (Lipinski definition) is 2. The monoisotopic (exact) mass is 412 g/mol. The summed E-state index contributed by atoms with van der Waals surface area (Å²) in [6.07, 6.45) is 0. The molecule has 0 radical (unpaired) electrons. The number of rotatable bonds is 3. The second kappa shape index (κ2) is 6.73. The van der Waals surface area contributed by atoms with Crippen LogP contribution >= 0.6 is 31.9 Å². The minimum atomic E-state index is -1.11. The van der Waals surface area contributed by atoms with E-state index in [0.29, 0.717) is 10.2 Å². The van der Waals surface area contributed by atoms with E-state index in [9.17, 15) is 9.59 Å². The zero-order valence-corrected chi connectivity index (χ0v) is 13.7. The fourth-order valence-electron chi connectivity index (χ4n) is 1.62. The van der Waals surface area contributed by atoms with Gasteiger partial charge in [-0.05, 0) is 42.5 Å². The van der Waals surface area contributed by atoms with Crippen LogP contribution in [0.5, 0.6) is 0 Å². The lowest BCUT2D eigenvalue weighted by molar-refractivity contribution is 0.0698. The molecular weight excluding hydrogens is 404 g/mol. The summed E-state index contributed by atoms with van der Waals surface area (Å²) in [6.45, 7) is 0. The van der Waals surface area contributed by atoms with Gasteiger partial charge in [-0.1, -0.05) is 31.9 Å². The van der Waals surface area contributed by atoms with E-state index in [1.54, 1.807) is 30.3 Å². The van der Waals surface area contributed by atoms with Gasteiger partial charge in [0, 0.05) is 14.6 Å². The molecule has 0 saturated heterocycles. The number of benzene rings is 2. The summed E-state index contributed by atoms with van der Waals surface area (Å²) in [5.41, 5.74) is 0.832. The predicted octanol–water partition coefficient (Wildman–Crippen LogP) is 4.55. The Morgan fingerprint density at radius 3 is 2.14 bits per heavy atom. The summed E-state index contributed by atoms with van der Waals surface area (Å²) in [6, 6.07) is 11.1. The second-order valence-corrected chi connectivity index (χ2v) is 5.91. The molecule has 0 fully saturated rings. The van der Waals surface area contributed by atoms with Crippen molar-refractivity contribution in [3.8, 4) is 0 Å². The fourth-order valence-corrected chi connectivity index (χ4v) is 2.25. The molecule has 0 heterocycles. The molecule has 2 aromatic carbocycles. The van der Waals surface area contributed by atoms with Gasteiger partial charge < -0.3 is 15.7 Å². The fraction of sp³-hybridized carbons (Fsp3) is 0. The van der Waals surface area contributed by atoms with E-state index in [1.807, 2.05) is 0 Å². The molecule has 0 bridgehead atoms. The van der Waals surface area contributed by atoms with Crippen LogP contribution in [0, 0.1) is 0 Å². The van der Waals surface area contributed by atoms with Crippen molar-refractivity contribution < 1.29 is 14.7 Å². The van der Waals surface area contributed by atoms with E-state index < -0.39 is 12.0 Å². The Balaban J connectivity index is 2.14. The topological polar surface area (TPSA) is 78.4 Å². The average molecular weight is 414 g/mol. The average Bonchev–Trinajstić information content (AvgIpc) is 2.41. The Bertz CT molecular complexity index is 687. The van der Waals surface area contributed by atoms with Crippen molar-refractivity contribution in [1.29, 1.82) is 0 Å². The van der Waals surface area contributed by atoms with Crippen molar-refractivity contribution in [2.24, 2.45) is 0 Å². The number of nitrogens with one attached hydrogen (secondary N) is 2. The molecule has 21 heavy (non-hydrogen) atoms. The zero-order valence-electron chi connectivity index (χ0n) is 10.6. The summed E-state index contributed by atoms with van der Waals surface area (Å²) in [4.78, 5) is 23.0. The molecule has 0 aliphatic heterocycles. The molecule has 2 rings (SSSR count). The van der Waals surface area contributed by atoms with Crippen molar-refractivity contribution in [1.82, 2.24) is 0 Å². The molecule has 0 aliphatic carbocycles. The Labute approximate surface area is 137 Å². The first-order valence-corrected chi connectivity index (χ1v) is 7.41. The van der Waals surface area contributed by atoms with Gasteiger partial charge in [0.1, 0.15) is 0 Å². The summed E-state index contributed by atoms with van der Waals surface area (Å²) < 4.78 is 1.57. The van der Waals surface area contributed by atoms with E-state index in [-0.39, 0.29) is 11.3 Å². The molecule has 7 heteroatoms. The highest BCUT2D eigenvalue weighted by Crippen LogP contribution is 2.22. The predicted molar refractivity (Wildman–Crippen MR) is 87.9 cm³/mol. The van der Waals surface area contributed by atoms with E-state index in [4.69, 9.17) is 5.11 Å². The smallest absolute Gasteiger partial charge is 0.337 e. The van der Waals surface area contributed by atoms with Gasteiger partial charge in [0.15, 0.2) is 0 Å². The first-order chi connectivity index (χ1) is 9.95. The van der Waals surface area contributed by atoms with Crippen molar-refractivity contribution in [2.45, 2.75) is 0 Å². The number of urea groups is 1. The van der Waals surface area contributed by atoms with E-state index in [2.05, 4.69) is 42.5 Å². The summed E-state index contributed by atoms with van der Waals surface area (Å²) in [5, 5.41) is 14.2. The number of carboxylic acids is 1. The third kappa shape index (κ3) is 4.30. The molecular formula is C14H10Br2N2O3. The molecule has 0 aliphatic rings. The number of anilines is 2. The van der Waals surface area contributed by atoms with Crippen LogP contribution in [0.15, 0.2) is 51.4 Å². The maximum Gasteiger partial charge on any atom is 0.337 e. The van der Waals surface area contributed by atoms with Gasteiger partial charge in [0.05, 0.1) is 11.3 Å². The highest BCUT2D eigenvalue weighted by atomic mass is 79.9. The number of carboxylic acid groups (broad SMARTS) is 1. The van der Waals surface area contributed by atoms with E-state index in [0.717, 1.165) is 4.47 Å². The van der Waals surface area contributed by atoms with Gasteiger partial charge in [-0.15, -0.1) is 0 Å². The maximum atomic E-state index is 11.9. The summed E-state index contributed by atoms with van der Waals surface area (Å²) >= 11 is 6.54. The van der Waals surface area contributed by atoms with Crippen LogP contribution in [0.1, 0.15) is 10.4 Å². The van der Waals surface area contributed by atoms with Gasteiger partial charge in [-0.25, -0.2) is 9.59 Å². The molecule has 3 N–H and O–H groups in total. The summed E-state index contributed by atoms with van der Waals surface area (Å²) in [5.74, 6) is -1.11. The minimum absolute atomic E-state index is 0.0177. The standard InChI is InChI=1S/C14H10Br2N2O3/c15-8-1-4-10(5-2-8)17-14(21)18-12-7-9(16)3-6-11(12)13(19)20/h1-7H,(H,19,20)(H2,17,18,21). The first kappa shape index (κ1) is 15.5. The number of hydrogen-bond donors (Lipinski definition) is 3. The Kier molecular flexibility index (Phi) is 4.98. The van der Waals surface area contributed by atoms with Crippen molar-refractivity contribution in [2.75, 3.05) is 10.6 Å². The number of aromatic carboxylic acids is 1. The van der Waals surface area contributed by atoms with Crippen LogP contribution in [-0.2, 0) is 0 Å². The summed E-state index contributed by atoms with van der Waals surface area (Å²) in [7, 11) is 0. The lowest BCUT2D eigenvalue weighted by Crippen LogP contribution is -2.21. The Morgan fingerprint density at radius 2 is 1.52 bits per heavy atom.